The molecule has 5 heteroatoms. The summed E-state index contributed by atoms with van der Waals surface area (Å²) in [5.74, 6) is 0.677. The monoisotopic (exact) mass is 282 g/mol. The van der Waals surface area contributed by atoms with Crippen LogP contribution < -0.4 is 5.73 Å². The first-order chi connectivity index (χ1) is 8.50. The van der Waals surface area contributed by atoms with Gasteiger partial charge in [0.1, 0.15) is 11.3 Å². The minimum Gasteiger partial charge on any atom is -0.459 e. The number of nitrogens with two attached hydrogens (primary N) is 1. The molecule has 0 fully saturated rings. The highest BCUT2D eigenvalue weighted by atomic mass is 35.5. The predicted molar refractivity (Wildman–Crippen MR) is 78.3 cm³/mol. The fraction of sp³-hybridized carbons (Fsp3) is 0.357. The van der Waals surface area contributed by atoms with Crippen molar-refractivity contribution in [3.8, 4) is 0 Å². The molecular formula is C14H19ClN2O2. The Kier molecular flexibility index (Phi) is 4.97. The molecule has 1 amide bonds. The maximum absolute atomic E-state index is 11.8. The molecule has 0 saturated heterocycles. The molecule has 104 valence electrons. The average molecular weight is 283 g/mol. The van der Waals surface area contributed by atoms with Crippen LogP contribution in [0.15, 0.2) is 34.7 Å². The molecule has 0 aliphatic rings. The molecule has 2 aromatic rings. The van der Waals surface area contributed by atoms with Crippen LogP contribution in [-0.4, -0.2) is 23.9 Å². The highest BCUT2D eigenvalue weighted by Crippen LogP contribution is 2.26. The van der Waals surface area contributed by atoms with Crippen LogP contribution in [0.5, 0.6) is 0 Å². The smallest absolute Gasteiger partial charge is 0.239 e. The Balaban J connectivity index is 0.00000180. The fourth-order valence-electron chi connectivity index (χ4n) is 1.91. The van der Waals surface area contributed by atoms with Crippen molar-refractivity contribution in [2.24, 2.45) is 5.73 Å². The summed E-state index contributed by atoms with van der Waals surface area (Å²) in [4.78, 5) is 13.4. The Morgan fingerprint density at radius 2 is 1.95 bits per heavy atom. The van der Waals surface area contributed by atoms with E-state index in [2.05, 4.69) is 0 Å². The van der Waals surface area contributed by atoms with Gasteiger partial charge < -0.3 is 15.1 Å². The van der Waals surface area contributed by atoms with Crippen LogP contribution in [0.3, 0.4) is 0 Å². The molecule has 1 heterocycles. The van der Waals surface area contributed by atoms with Crippen LogP contribution in [0, 0.1) is 0 Å². The van der Waals surface area contributed by atoms with Crippen molar-refractivity contribution in [2.75, 3.05) is 7.05 Å². The molecule has 0 spiro atoms. The third-order valence-corrected chi connectivity index (χ3v) is 3.17. The van der Waals surface area contributed by atoms with Crippen LogP contribution in [0.1, 0.15) is 25.6 Å². The summed E-state index contributed by atoms with van der Waals surface area (Å²) in [5, 5.41) is 1.04. The van der Waals surface area contributed by atoms with Crippen molar-refractivity contribution in [2.45, 2.75) is 25.9 Å². The topological polar surface area (TPSA) is 59.5 Å². The van der Waals surface area contributed by atoms with Crippen LogP contribution in [0.4, 0.5) is 0 Å². The number of para-hydroxylation sites is 1. The van der Waals surface area contributed by atoms with Gasteiger partial charge in [0.05, 0.1) is 12.1 Å². The van der Waals surface area contributed by atoms with E-state index < -0.39 is 6.04 Å². The lowest BCUT2D eigenvalue weighted by molar-refractivity contribution is -0.133. The molecule has 2 atom stereocenters. The number of hydrogen-bond acceptors (Lipinski definition) is 3. The highest BCUT2D eigenvalue weighted by molar-refractivity contribution is 5.85. The predicted octanol–water partition coefficient (Wildman–Crippen LogP) is 2.72. The van der Waals surface area contributed by atoms with E-state index in [1.54, 1.807) is 18.9 Å². The SMILES string of the molecule is CC(c1cc2ccccc2o1)N(C)C(=O)[C@@H](C)N.Cl. The van der Waals surface area contributed by atoms with Crippen molar-refractivity contribution >= 4 is 29.3 Å². The van der Waals surface area contributed by atoms with Gasteiger partial charge in [0.15, 0.2) is 0 Å². The zero-order valence-electron chi connectivity index (χ0n) is 11.3. The number of likely N-dealkylation sites (N-methyl/N-ethyl adjacent to an activating group) is 1. The van der Waals surface area contributed by atoms with Gasteiger partial charge in [-0.2, -0.15) is 0 Å². The van der Waals surface area contributed by atoms with Gasteiger partial charge in [-0.3, -0.25) is 4.79 Å². The second kappa shape index (κ2) is 6.08. The number of hydrogen-bond donors (Lipinski definition) is 1. The lowest BCUT2D eigenvalue weighted by Crippen LogP contribution is -2.40. The minimum atomic E-state index is -0.498. The van der Waals surface area contributed by atoms with E-state index in [-0.39, 0.29) is 24.4 Å². The molecule has 0 radical (unpaired) electrons. The van der Waals surface area contributed by atoms with E-state index in [1.807, 2.05) is 37.3 Å². The highest BCUT2D eigenvalue weighted by Gasteiger charge is 2.22. The second-order valence-electron chi connectivity index (χ2n) is 4.60. The Morgan fingerprint density at radius 3 is 2.53 bits per heavy atom. The fourth-order valence-corrected chi connectivity index (χ4v) is 1.91. The zero-order valence-corrected chi connectivity index (χ0v) is 12.1. The number of carbonyl (C=O) groups excluding carboxylic acids is 1. The molecule has 19 heavy (non-hydrogen) atoms. The quantitative estimate of drug-likeness (QED) is 0.942. The van der Waals surface area contributed by atoms with E-state index in [4.69, 9.17) is 10.2 Å². The second-order valence-corrected chi connectivity index (χ2v) is 4.60. The molecule has 4 nitrogen and oxygen atoms in total. The zero-order chi connectivity index (χ0) is 13.3. The van der Waals surface area contributed by atoms with Crippen LogP contribution in [-0.2, 0) is 4.79 Å². The van der Waals surface area contributed by atoms with Crippen LogP contribution >= 0.6 is 12.4 Å². The van der Waals surface area contributed by atoms with Crippen molar-refractivity contribution in [3.63, 3.8) is 0 Å². The van der Waals surface area contributed by atoms with Crippen molar-refractivity contribution < 1.29 is 9.21 Å². The van der Waals surface area contributed by atoms with Gasteiger partial charge in [-0.15, -0.1) is 12.4 Å². The largest absolute Gasteiger partial charge is 0.459 e. The van der Waals surface area contributed by atoms with E-state index in [0.29, 0.717) is 0 Å². The van der Waals surface area contributed by atoms with Gasteiger partial charge in [0.2, 0.25) is 5.91 Å². The Labute approximate surface area is 119 Å². The number of fused-ring (bicyclic) bond motifs is 1. The molecule has 0 aliphatic heterocycles. The van der Waals surface area contributed by atoms with E-state index in [9.17, 15) is 4.79 Å². The summed E-state index contributed by atoms with van der Waals surface area (Å²) in [6, 6.07) is 9.13. The van der Waals surface area contributed by atoms with E-state index in [0.717, 1.165) is 16.7 Å². The molecule has 1 aromatic carbocycles. The van der Waals surface area contributed by atoms with Crippen LogP contribution in [0.25, 0.3) is 11.0 Å². The Hall–Kier alpha value is -1.52. The third-order valence-electron chi connectivity index (χ3n) is 3.17. The lowest BCUT2D eigenvalue weighted by Gasteiger charge is -2.24. The van der Waals surface area contributed by atoms with Crippen molar-refractivity contribution in [3.05, 3.63) is 36.1 Å². The van der Waals surface area contributed by atoms with Gasteiger partial charge >= 0.3 is 0 Å². The summed E-state index contributed by atoms with van der Waals surface area (Å²) < 4.78 is 5.75. The average Bonchev–Trinajstić information content (AvgIpc) is 2.79. The number of rotatable bonds is 3. The molecule has 2 N–H and O–H groups in total. The third kappa shape index (κ3) is 3.08. The molecule has 2 rings (SSSR count). The Morgan fingerprint density at radius 1 is 1.32 bits per heavy atom. The van der Waals surface area contributed by atoms with Crippen LogP contribution in [0.2, 0.25) is 0 Å². The number of benzene rings is 1. The summed E-state index contributed by atoms with van der Waals surface area (Å²) >= 11 is 0. The van der Waals surface area contributed by atoms with E-state index >= 15 is 0 Å². The first-order valence-corrected chi connectivity index (χ1v) is 6.01. The standard InChI is InChI=1S/C14H18N2O2.ClH/c1-9(15)14(17)16(3)10(2)13-8-11-6-4-5-7-12(11)18-13;/h4-10H,15H2,1-3H3;1H/t9-,10?;/m1./s1. The van der Waals surface area contributed by atoms with Gasteiger partial charge in [-0.05, 0) is 26.0 Å². The molecule has 0 bridgehead atoms. The number of amides is 1. The molecule has 1 aromatic heterocycles. The number of carbonyl (C=O) groups is 1. The van der Waals surface area contributed by atoms with Crippen molar-refractivity contribution in [1.82, 2.24) is 4.90 Å². The summed E-state index contributed by atoms with van der Waals surface area (Å²) in [6.45, 7) is 3.61. The lowest BCUT2D eigenvalue weighted by atomic mass is 10.2. The van der Waals surface area contributed by atoms with Gasteiger partial charge in [-0.25, -0.2) is 0 Å². The number of nitrogens with zero attached hydrogens (tertiary/aromatic N) is 1. The first kappa shape index (κ1) is 15.5. The number of furan rings is 1. The molecular weight excluding hydrogens is 264 g/mol. The molecule has 0 aliphatic carbocycles. The minimum absolute atomic E-state index is 0. The summed E-state index contributed by atoms with van der Waals surface area (Å²) in [6.07, 6.45) is 0. The molecule has 1 unspecified atom stereocenters. The summed E-state index contributed by atoms with van der Waals surface area (Å²) in [5.41, 5.74) is 6.44. The summed E-state index contributed by atoms with van der Waals surface area (Å²) in [7, 11) is 1.74. The maximum atomic E-state index is 11.8. The molecule has 0 saturated carbocycles. The first-order valence-electron chi connectivity index (χ1n) is 6.01. The maximum Gasteiger partial charge on any atom is 0.239 e. The number of halogens is 1. The van der Waals surface area contributed by atoms with E-state index in [1.165, 1.54) is 0 Å². The van der Waals surface area contributed by atoms with Crippen molar-refractivity contribution in [1.29, 1.82) is 0 Å². The van der Waals surface area contributed by atoms with Gasteiger partial charge in [0.25, 0.3) is 0 Å². The van der Waals surface area contributed by atoms with Gasteiger partial charge in [0, 0.05) is 12.4 Å². The normalized spacial score (nSPS) is 13.7. The van der Waals surface area contributed by atoms with Gasteiger partial charge in [-0.1, -0.05) is 18.2 Å². The Bertz CT molecular complexity index is 532.